The van der Waals surface area contributed by atoms with Gasteiger partial charge in [-0.3, -0.25) is 0 Å². The quantitative estimate of drug-likeness (QED) is 0.637. The van der Waals surface area contributed by atoms with E-state index in [1.165, 1.54) is 20.3 Å². The van der Waals surface area contributed by atoms with Gasteiger partial charge in [-0.15, -0.1) is 0 Å². The number of furan rings is 1. The Morgan fingerprint density at radius 2 is 1.85 bits per heavy atom. The third kappa shape index (κ3) is 1.87. The van der Waals surface area contributed by atoms with Crippen LogP contribution in [0.2, 0.25) is 0 Å². The number of rotatable bonds is 2. The zero-order valence-electron chi connectivity index (χ0n) is 7.20. The van der Waals surface area contributed by atoms with E-state index in [1.54, 1.807) is 0 Å². The highest BCUT2D eigenvalue weighted by Gasteiger charge is 2.15. The molecule has 1 aromatic heterocycles. The molecule has 1 heterocycles. The van der Waals surface area contributed by atoms with Crippen molar-refractivity contribution in [3.63, 3.8) is 0 Å². The van der Waals surface area contributed by atoms with Gasteiger partial charge in [-0.25, -0.2) is 9.59 Å². The molecule has 70 valence electrons. The molecule has 0 saturated heterocycles. The van der Waals surface area contributed by atoms with Gasteiger partial charge in [-0.2, -0.15) is 0 Å². The molecule has 0 aliphatic rings. The van der Waals surface area contributed by atoms with E-state index in [2.05, 4.69) is 9.47 Å². The summed E-state index contributed by atoms with van der Waals surface area (Å²) in [5, 5.41) is 0. The van der Waals surface area contributed by atoms with Gasteiger partial charge in [0.05, 0.1) is 19.8 Å². The van der Waals surface area contributed by atoms with Crippen molar-refractivity contribution < 1.29 is 23.5 Å². The molecular weight excluding hydrogens is 176 g/mol. The molecule has 0 amide bonds. The summed E-state index contributed by atoms with van der Waals surface area (Å²) >= 11 is 0. The van der Waals surface area contributed by atoms with Gasteiger partial charge in [-0.1, -0.05) is 0 Å². The second-order valence-corrected chi connectivity index (χ2v) is 2.18. The van der Waals surface area contributed by atoms with E-state index in [0.717, 1.165) is 6.26 Å². The van der Waals surface area contributed by atoms with Crippen molar-refractivity contribution in [2.24, 2.45) is 0 Å². The van der Waals surface area contributed by atoms with Crippen molar-refractivity contribution in [2.45, 2.75) is 0 Å². The first kappa shape index (κ1) is 9.31. The summed E-state index contributed by atoms with van der Waals surface area (Å²) in [5.41, 5.74) is 0.183. The molecule has 5 nitrogen and oxygen atoms in total. The van der Waals surface area contributed by atoms with Crippen molar-refractivity contribution in [3.05, 3.63) is 23.7 Å². The van der Waals surface area contributed by atoms with Crippen molar-refractivity contribution >= 4 is 11.9 Å². The lowest BCUT2D eigenvalue weighted by Crippen LogP contribution is -2.00. The van der Waals surface area contributed by atoms with Crippen LogP contribution in [-0.4, -0.2) is 26.2 Å². The molecule has 0 bridgehead atoms. The number of hydrogen-bond donors (Lipinski definition) is 0. The lowest BCUT2D eigenvalue weighted by molar-refractivity contribution is 0.0563. The summed E-state index contributed by atoms with van der Waals surface area (Å²) in [6, 6.07) is 1.26. The van der Waals surface area contributed by atoms with Gasteiger partial charge in [0.25, 0.3) is 0 Å². The van der Waals surface area contributed by atoms with E-state index in [-0.39, 0.29) is 11.3 Å². The van der Waals surface area contributed by atoms with E-state index in [4.69, 9.17) is 4.42 Å². The smallest absolute Gasteiger partial charge is 0.373 e. The largest absolute Gasteiger partial charge is 0.465 e. The van der Waals surface area contributed by atoms with Crippen molar-refractivity contribution in [1.82, 2.24) is 0 Å². The van der Waals surface area contributed by atoms with Crippen LogP contribution < -0.4 is 0 Å². The summed E-state index contributed by atoms with van der Waals surface area (Å²) in [6.45, 7) is 0. The summed E-state index contributed by atoms with van der Waals surface area (Å²) in [6.07, 6.45) is 1.14. The zero-order chi connectivity index (χ0) is 9.84. The highest BCUT2D eigenvalue weighted by atomic mass is 16.5. The second-order valence-electron chi connectivity index (χ2n) is 2.18. The average molecular weight is 184 g/mol. The van der Waals surface area contributed by atoms with Gasteiger partial charge in [0, 0.05) is 6.07 Å². The summed E-state index contributed by atoms with van der Waals surface area (Å²) < 4.78 is 13.6. The Morgan fingerprint density at radius 3 is 2.38 bits per heavy atom. The zero-order valence-corrected chi connectivity index (χ0v) is 7.20. The predicted octanol–water partition coefficient (Wildman–Crippen LogP) is 0.853. The Bertz CT molecular complexity index is 295. The number of hydrogen-bond acceptors (Lipinski definition) is 5. The Kier molecular flexibility index (Phi) is 2.69. The predicted molar refractivity (Wildman–Crippen MR) is 41.4 cm³/mol. The Morgan fingerprint density at radius 1 is 1.23 bits per heavy atom. The van der Waals surface area contributed by atoms with Crippen LogP contribution in [0, 0.1) is 0 Å². The van der Waals surface area contributed by atoms with Crippen LogP contribution in [0.3, 0.4) is 0 Å². The second kappa shape index (κ2) is 3.75. The highest BCUT2D eigenvalue weighted by Crippen LogP contribution is 2.09. The van der Waals surface area contributed by atoms with Gasteiger partial charge in [0.15, 0.2) is 0 Å². The lowest BCUT2D eigenvalue weighted by Gasteiger charge is -1.91. The third-order valence-electron chi connectivity index (χ3n) is 1.41. The van der Waals surface area contributed by atoms with Gasteiger partial charge in [0.2, 0.25) is 5.76 Å². The number of carbonyl (C=O) groups is 2. The molecule has 1 aromatic rings. The number of carbonyl (C=O) groups excluding carboxylic acids is 2. The molecular formula is C8H8O5. The van der Waals surface area contributed by atoms with Gasteiger partial charge >= 0.3 is 11.9 Å². The summed E-state index contributed by atoms with van der Waals surface area (Å²) in [7, 11) is 2.47. The number of ether oxygens (including phenoxy) is 2. The van der Waals surface area contributed by atoms with Crippen LogP contribution >= 0.6 is 0 Å². The van der Waals surface area contributed by atoms with Crippen LogP contribution in [0.25, 0.3) is 0 Å². The number of esters is 2. The first-order valence-corrected chi connectivity index (χ1v) is 3.44. The maximum atomic E-state index is 10.9. The normalized spacial score (nSPS) is 9.38. The minimum atomic E-state index is -0.629. The van der Waals surface area contributed by atoms with Crippen LogP contribution in [0.5, 0.6) is 0 Å². The fourth-order valence-electron chi connectivity index (χ4n) is 0.769. The molecule has 0 unspecified atom stereocenters. The number of methoxy groups -OCH3 is 2. The monoisotopic (exact) mass is 184 g/mol. The first-order valence-electron chi connectivity index (χ1n) is 3.44. The van der Waals surface area contributed by atoms with Crippen LogP contribution in [-0.2, 0) is 9.47 Å². The molecule has 0 spiro atoms. The fraction of sp³-hybridized carbons (Fsp3) is 0.250. The molecule has 13 heavy (non-hydrogen) atoms. The van der Waals surface area contributed by atoms with E-state index < -0.39 is 11.9 Å². The molecule has 0 aliphatic carbocycles. The third-order valence-corrected chi connectivity index (χ3v) is 1.41. The van der Waals surface area contributed by atoms with Crippen molar-refractivity contribution in [2.75, 3.05) is 14.2 Å². The maximum absolute atomic E-state index is 10.9. The average Bonchev–Trinajstić information content (AvgIpc) is 2.64. The van der Waals surface area contributed by atoms with Gasteiger partial charge in [0.1, 0.15) is 6.26 Å². The highest BCUT2D eigenvalue weighted by molar-refractivity contribution is 5.93. The minimum Gasteiger partial charge on any atom is -0.465 e. The van der Waals surface area contributed by atoms with Crippen molar-refractivity contribution in [1.29, 1.82) is 0 Å². The topological polar surface area (TPSA) is 65.7 Å². The molecule has 0 atom stereocenters. The lowest BCUT2D eigenvalue weighted by atomic mass is 10.3. The van der Waals surface area contributed by atoms with Gasteiger partial charge < -0.3 is 13.9 Å². The van der Waals surface area contributed by atoms with Crippen molar-refractivity contribution in [3.8, 4) is 0 Å². The molecule has 0 aliphatic heterocycles. The molecule has 5 heteroatoms. The van der Waals surface area contributed by atoms with Gasteiger partial charge in [-0.05, 0) is 0 Å². The SMILES string of the molecule is COC(=O)c1coc(C(=O)OC)c1. The molecule has 0 saturated carbocycles. The molecule has 0 N–H and O–H groups in total. The maximum Gasteiger partial charge on any atom is 0.373 e. The fourth-order valence-corrected chi connectivity index (χ4v) is 0.769. The van der Waals surface area contributed by atoms with Crippen LogP contribution in [0.1, 0.15) is 20.9 Å². The van der Waals surface area contributed by atoms with Crippen LogP contribution in [0.15, 0.2) is 16.7 Å². The first-order chi connectivity index (χ1) is 6.19. The summed E-state index contributed by atoms with van der Waals surface area (Å²) in [4.78, 5) is 21.8. The van der Waals surface area contributed by atoms with E-state index >= 15 is 0 Å². The minimum absolute atomic E-state index is 0.0251. The Hall–Kier alpha value is -1.78. The molecule has 0 fully saturated rings. The standard InChI is InChI=1S/C8H8O5/c1-11-7(9)5-3-6(13-4-5)8(10)12-2/h3-4H,1-2H3. The van der Waals surface area contributed by atoms with E-state index in [0.29, 0.717) is 0 Å². The Labute approximate surface area is 74.2 Å². The van der Waals surface area contributed by atoms with E-state index in [9.17, 15) is 9.59 Å². The molecule has 1 rings (SSSR count). The molecule has 0 radical (unpaired) electrons. The van der Waals surface area contributed by atoms with E-state index in [1.807, 2.05) is 0 Å². The summed E-state index contributed by atoms with van der Waals surface area (Å²) in [5.74, 6) is -1.21. The van der Waals surface area contributed by atoms with Crippen LogP contribution in [0.4, 0.5) is 0 Å². The molecule has 0 aromatic carbocycles. The Balaban J connectivity index is 2.86.